The zero-order valence-corrected chi connectivity index (χ0v) is 21.5. The van der Waals surface area contributed by atoms with Crippen LogP contribution in [0.15, 0.2) is 51.4 Å². The van der Waals surface area contributed by atoms with Gasteiger partial charge in [-0.25, -0.2) is 9.79 Å². The Kier molecular flexibility index (Phi) is 6.36. The maximum atomic E-state index is 13.7. The highest BCUT2D eigenvalue weighted by Gasteiger charge is 2.33. The van der Waals surface area contributed by atoms with Crippen molar-refractivity contribution in [3.63, 3.8) is 0 Å². The van der Waals surface area contributed by atoms with Crippen LogP contribution in [-0.4, -0.2) is 35.8 Å². The highest BCUT2D eigenvalue weighted by molar-refractivity contribution is 7.07. The standard InChI is InChI=1S/C26H30N4O3S/c1-8-33-25(32)22-16(3)27-26-30(23(22)18-9-11-20(12-10-18)28(5)6)24(31)21(34-26)14-19-13-15(2)29(7)17(19)4/h9-14,23H,8H2,1-7H3/b21-14+/t23-/m1/s1. The van der Waals surface area contributed by atoms with Gasteiger partial charge in [-0.2, -0.15) is 0 Å². The van der Waals surface area contributed by atoms with E-state index in [2.05, 4.69) is 15.6 Å². The van der Waals surface area contributed by atoms with Crippen molar-refractivity contribution in [2.75, 3.05) is 25.6 Å². The first-order chi connectivity index (χ1) is 16.1. The van der Waals surface area contributed by atoms with Crippen LogP contribution < -0.4 is 19.8 Å². The number of esters is 1. The predicted octanol–water partition coefficient (Wildman–Crippen LogP) is 2.82. The number of aromatic nitrogens is 2. The molecule has 1 aliphatic rings. The van der Waals surface area contributed by atoms with Gasteiger partial charge in [-0.05, 0) is 63.1 Å². The summed E-state index contributed by atoms with van der Waals surface area (Å²) in [6.45, 7) is 7.90. The highest BCUT2D eigenvalue weighted by Crippen LogP contribution is 2.31. The van der Waals surface area contributed by atoms with Gasteiger partial charge < -0.3 is 14.2 Å². The van der Waals surface area contributed by atoms with Crippen LogP contribution in [0.4, 0.5) is 5.69 Å². The molecule has 4 rings (SSSR count). The number of anilines is 1. The molecule has 1 aromatic carbocycles. The van der Waals surface area contributed by atoms with Crippen molar-refractivity contribution in [3.05, 3.63) is 83.8 Å². The van der Waals surface area contributed by atoms with E-state index >= 15 is 0 Å². The summed E-state index contributed by atoms with van der Waals surface area (Å²) in [6, 6.07) is 9.35. The van der Waals surface area contributed by atoms with Gasteiger partial charge in [0.05, 0.1) is 28.5 Å². The number of hydrogen-bond donors (Lipinski definition) is 0. The van der Waals surface area contributed by atoms with Crippen LogP contribution >= 0.6 is 11.3 Å². The SMILES string of the molecule is CCOC(=O)C1=C(C)N=c2s/c(=C/c3cc(C)n(C)c3C)c(=O)n2[C@@H]1c1ccc(N(C)C)cc1. The van der Waals surface area contributed by atoms with Crippen molar-refractivity contribution in [1.82, 2.24) is 9.13 Å². The van der Waals surface area contributed by atoms with E-state index in [9.17, 15) is 9.59 Å². The Morgan fingerprint density at radius 3 is 2.44 bits per heavy atom. The van der Waals surface area contributed by atoms with Crippen LogP contribution in [-0.2, 0) is 16.6 Å². The van der Waals surface area contributed by atoms with Crippen molar-refractivity contribution in [2.45, 2.75) is 33.7 Å². The fraction of sp³-hybridized carbons (Fsp3) is 0.346. The van der Waals surface area contributed by atoms with E-state index < -0.39 is 12.0 Å². The molecule has 0 bridgehead atoms. The molecule has 8 heteroatoms. The molecule has 0 spiro atoms. The first kappa shape index (κ1) is 23.8. The van der Waals surface area contributed by atoms with Gasteiger partial charge in [0, 0.05) is 38.2 Å². The summed E-state index contributed by atoms with van der Waals surface area (Å²) in [6.07, 6.45) is 1.92. The number of fused-ring (bicyclic) bond motifs is 1. The molecule has 0 aliphatic carbocycles. The van der Waals surface area contributed by atoms with Crippen molar-refractivity contribution < 1.29 is 9.53 Å². The minimum Gasteiger partial charge on any atom is -0.463 e. The van der Waals surface area contributed by atoms with Crippen LogP contribution in [0.1, 0.15) is 42.4 Å². The van der Waals surface area contributed by atoms with E-state index in [-0.39, 0.29) is 12.2 Å². The number of aryl methyl sites for hydroxylation is 1. The number of thiazole rings is 1. The molecule has 0 saturated heterocycles. The Balaban J connectivity index is 1.95. The number of rotatable bonds is 5. The normalized spacial score (nSPS) is 15.9. The van der Waals surface area contributed by atoms with Crippen LogP contribution in [0.5, 0.6) is 0 Å². The summed E-state index contributed by atoms with van der Waals surface area (Å²) in [5, 5.41) is 0. The van der Waals surface area contributed by atoms with Gasteiger partial charge >= 0.3 is 5.97 Å². The number of benzene rings is 1. The fourth-order valence-electron chi connectivity index (χ4n) is 4.23. The Morgan fingerprint density at radius 2 is 1.88 bits per heavy atom. The molecule has 0 saturated carbocycles. The lowest BCUT2D eigenvalue weighted by atomic mass is 9.95. The average molecular weight is 479 g/mol. The van der Waals surface area contributed by atoms with Crippen molar-refractivity contribution >= 4 is 29.1 Å². The summed E-state index contributed by atoms with van der Waals surface area (Å²) >= 11 is 1.34. The molecule has 0 amide bonds. The molecule has 1 atom stereocenters. The Hall–Kier alpha value is -3.39. The van der Waals surface area contributed by atoms with Crippen molar-refractivity contribution in [3.8, 4) is 0 Å². The Bertz CT molecular complexity index is 1470. The van der Waals surface area contributed by atoms with E-state index in [1.54, 1.807) is 18.4 Å². The molecule has 1 aliphatic heterocycles. The van der Waals surface area contributed by atoms with Gasteiger partial charge in [-0.15, -0.1) is 0 Å². The van der Waals surface area contributed by atoms with E-state index in [1.807, 2.05) is 70.2 Å². The molecule has 0 fully saturated rings. The minimum atomic E-state index is -0.604. The second kappa shape index (κ2) is 9.10. The zero-order chi connectivity index (χ0) is 24.7. The first-order valence-corrected chi connectivity index (χ1v) is 12.1. The monoisotopic (exact) mass is 478 g/mol. The molecule has 178 valence electrons. The number of carbonyl (C=O) groups excluding carboxylic acids is 1. The molecule has 3 heterocycles. The third kappa shape index (κ3) is 4.03. The number of nitrogens with zero attached hydrogens (tertiary/aromatic N) is 4. The third-order valence-electron chi connectivity index (χ3n) is 6.34. The molecule has 0 radical (unpaired) electrons. The van der Waals surface area contributed by atoms with Gasteiger partial charge in [0.15, 0.2) is 4.80 Å². The molecule has 7 nitrogen and oxygen atoms in total. The number of allylic oxidation sites excluding steroid dienone is 1. The zero-order valence-electron chi connectivity index (χ0n) is 20.7. The van der Waals surface area contributed by atoms with Crippen LogP contribution in [0, 0.1) is 13.8 Å². The van der Waals surface area contributed by atoms with Gasteiger partial charge in [0.2, 0.25) is 0 Å². The maximum absolute atomic E-state index is 13.7. The molecule has 3 aromatic rings. The van der Waals surface area contributed by atoms with E-state index in [0.29, 0.717) is 20.6 Å². The topological polar surface area (TPSA) is 68.8 Å². The maximum Gasteiger partial charge on any atom is 0.338 e. The lowest BCUT2D eigenvalue weighted by molar-refractivity contribution is -0.139. The van der Waals surface area contributed by atoms with Gasteiger partial charge in [-0.1, -0.05) is 23.5 Å². The lowest BCUT2D eigenvalue weighted by Crippen LogP contribution is -2.40. The minimum absolute atomic E-state index is 0.166. The van der Waals surface area contributed by atoms with Gasteiger partial charge in [-0.3, -0.25) is 9.36 Å². The van der Waals surface area contributed by atoms with Crippen LogP contribution in [0.2, 0.25) is 0 Å². The van der Waals surface area contributed by atoms with Crippen molar-refractivity contribution in [2.24, 2.45) is 12.0 Å². The smallest absolute Gasteiger partial charge is 0.338 e. The molecular weight excluding hydrogens is 448 g/mol. The second-order valence-electron chi connectivity index (χ2n) is 8.67. The van der Waals surface area contributed by atoms with E-state index in [0.717, 1.165) is 28.2 Å². The number of carbonyl (C=O) groups is 1. The molecule has 34 heavy (non-hydrogen) atoms. The quantitative estimate of drug-likeness (QED) is 0.529. The summed E-state index contributed by atoms with van der Waals surface area (Å²) in [5.74, 6) is -0.450. The Morgan fingerprint density at radius 1 is 1.21 bits per heavy atom. The number of ether oxygens (including phenoxy) is 1. The molecule has 0 N–H and O–H groups in total. The first-order valence-electron chi connectivity index (χ1n) is 11.2. The molecule has 0 unspecified atom stereocenters. The van der Waals surface area contributed by atoms with Crippen LogP contribution in [0.25, 0.3) is 6.08 Å². The lowest BCUT2D eigenvalue weighted by Gasteiger charge is -2.25. The van der Waals surface area contributed by atoms with E-state index in [4.69, 9.17) is 4.74 Å². The summed E-state index contributed by atoms with van der Waals surface area (Å²) < 4.78 is 9.68. The molecule has 2 aromatic heterocycles. The summed E-state index contributed by atoms with van der Waals surface area (Å²) in [7, 11) is 5.95. The number of hydrogen-bond acceptors (Lipinski definition) is 6. The van der Waals surface area contributed by atoms with E-state index in [1.165, 1.54) is 11.3 Å². The van der Waals surface area contributed by atoms with Crippen LogP contribution in [0.3, 0.4) is 0 Å². The average Bonchev–Trinajstić information content (AvgIpc) is 3.23. The fourth-order valence-corrected chi connectivity index (χ4v) is 5.27. The molecular formula is C26H30N4O3S. The second-order valence-corrected chi connectivity index (χ2v) is 9.68. The van der Waals surface area contributed by atoms with Crippen molar-refractivity contribution in [1.29, 1.82) is 0 Å². The highest BCUT2D eigenvalue weighted by atomic mass is 32.1. The van der Waals surface area contributed by atoms with Gasteiger partial charge in [0.25, 0.3) is 5.56 Å². The third-order valence-corrected chi connectivity index (χ3v) is 7.33. The summed E-state index contributed by atoms with van der Waals surface area (Å²) in [5.41, 5.74) is 5.87. The summed E-state index contributed by atoms with van der Waals surface area (Å²) in [4.78, 5) is 33.9. The predicted molar refractivity (Wildman–Crippen MR) is 136 cm³/mol. The largest absolute Gasteiger partial charge is 0.463 e. The Labute approximate surface area is 202 Å². The van der Waals surface area contributed by atoms with Gasteiger partial charge in [0.1, 0.15) is 0 Å².